The van der Waals surface area contributed by atoms with Gasteiger partial charge in [-0.1, -0.05) is 74.7 Å². The fourth-order valence-electron chi connectivity index (χ4n) is 8.43. The highest BCUT2D eigenvalue weighted by atomic mass is 32.2. The van der Waals surface area contributed by atoms with Crippen molar-refractivity contribution in [2.75, 3.05) is 11.5 Å². The van der Waals surface area contributed by atoms with Crippen LogP contribution in [0.15, 0.2) is 72.8 Å². The number of hydrogen-bond acceptors (Lipinski definition) is 7. The van der Waals surface area contributed by atoms with Gasteiger partial charge in [0.2, 0.25) is 0 Å². The number of para-hydroxylation sites is 2. The van der Waals surface area contributed by atoms with Gasteiger partial charge in [-0.15, -0.1) is 23.5 Å². The van der Waals surface area contributed by atoms with Gasteiger partial charge in [0, 0.05) is 45.4 Å². The number of fused-ring (bicyclic) bond motifs is 3. The van der Waals surface area contributed by atoms with Gasteiger partial charge in [0.25, 0.3) is 11.8 Å². The van der Waals surface area contributed by atoms with E-state index in [0.717, 1.165) is 52.4 Å². The predicted molar refractivity (Wildman–Crippen MR) is 216 cm³/mol. The second kappa shape index (κ2) is 15.8. The minimum absolute atomic E-state index is 0.158. The van der Waals surface area contributed by atoms with E-state index < -0.39 is 23.8 Å². The second-order valence-electron chi connectivity index (χ2n) is 14.6. The van der Waals surface area contributed by atoms with E-state index in [1.165, 1.54) is 53.3 Å². The average molecular weight is 750 g/mol. The van der Waals surface area contributed by atoms with Crippen LogP contribution in [0.1, 0.15) is 83.7 Å². The molecule has 11 heteroatoms. The summed E-state index contributed by atoms with van der Waals surface area (Å²) in [7, 11) is 0. The molecule has 53 heavy (non-hydrogen) atoms. The topological polar surface area (TPSA) is 130 Å². The maximum absolute atomic E-state index is 13.0. The molecule has 5 aromatic rings. The molecular weight excluding hydrogens is 703 g/mol. The summed E-state index contributed by atoms with van der Waals surface area (Å²) in [4.78, 5) is 46.9. The van der Waals surface area contributed by atoms with Crippen molar-refractivity contribution in [2.45, 2.75) is 93.6 Å². The first-order chi connectivity index (χ1) is 25.9. The lowest BCUT2D eigenvalue weighted by molar-refractivity contribution is -0.141. The molecule has 8 rings (SSSR count). The number of H-pyrrole nitrogens is 2. The molecule has 9 nitrogen and oxygen atoms in total. The smallest absolute Gasteiger partial charge is 0.326 e. The number of thioether (sulfide) groups is 2. The summed E-state index contributed by atoms with van der Waals surface area (Å²) >= 11 is 3.93. The third-order valence-electron chi connectivity index (χ3n) is 11.1. The van der Waals surface area contributed by atoms with E-state index in [9.17, 15) is 19.5 Å². The maximum Gasteiger partial charge on any atom is 0.326 e. The van der Waals surface area contributed by atoms with Gasteiger partial charge in [0.15, 0.2) is 0 Å². The van der Waals surface area contributed by atoms with Gasteiger partial charge in [-0.3, -0.25) is 14.5 Å². The summed E-state index contributed by atoms with van der Waals surface area (Å²) in [6.07, 6.45) is 8.38. The van der Waals surface area contributed by atoms with Crippen molar-refractivity contribution in [1.82, 2.24) is 25.5 Å². The molecular formula is C42H47N5O4S2. The first-order valence-electron chi connectivity index (χ1n) is 19.0. The molecule has 2 amide bonds. The fourth-order valence-corrected chi connectivity index (χ4v) is 11.0. The van der Waals surface area contributed by atoms with Crippen LogP contribution in [0.2, 0.25) is 0 Å². The molecule has 5 N–H and O–H groups in total. The minimum Gasteiger partial charge on any atom is -0.480 e. The Morgan fingerprint density at radius 3 is 1.74 bits per heavy atom. The predicted octanol–water partition coefficient (Wildman–Crippen LogP) is 7.96. The summed E-state index contributed by atoms with van der Waals surface area (Å²) < 4.78 is 0. The Bertz CT molecular complexity index is 2110. The van der Waals surface area contributed by atoms with E-state index in [1.807, 2.05) is 11.8 Å². The SMILES string of the molecule is CCCCC[C@@H]1NC(Cc2c(-c3[nH]c4ccccc4c3CC3CS[C@H](CCCC(C(=O)O)N4C(=O)c5ccccc5C4=O)N3)[nH]c3ccccc23)CS1. The Balaban J connectivity index is 0.971. The molecule has 5 atom stereocenters. The van der Waals surface area contributed by atoms with Crippen molar-refractivity contribution in [3.63, 3.8) is 0 Å². The van der Waals surface area contributed by atoms with Gasteiger partial charge >= 0.3 is 5.97 Å². The molecule has 3 unspecified atom stereocenters. The van der Waals surface area contributed by atoms with Crippen molar-refractivity contribution >= 4 is 63.1 Å². The molecule has 0 saturated carbocycles. The molecule has 2 aromatic heterocycles. The first-order valence-corrected chi connectivity index (χ1v) is 21.1. The zero-order chi connectivity index (χ0) is 36.5. The quantitative estimate of drug-likeness (QED) is 0.0539. The van der Waals surface area contributed by atoms with Crippen LogP contribution in [0.3, 0.4) is 0 Å². The van der Waals surface area contributed by atoms with Crippen molar-refractivity contribution < 1.29 is 19.5 Å². The zero-order valence-corrected chi connectivity index (χ0v) is 31.7. The highest BCUT2D eigenvalue weighted by Crippen LogP contribution is 2.39. The number of rotatable bonds is 15. The third-order valence-corrected chi connectivity index (χ3v) is 13.8. The van der Waals surface area contributed by atoms with Gasteiger partial charge in [-0.05, 0) is 73.9 Å². The Kier molecular flexibility index (Phi) is 10.7. The number of amides is 2. The second-order valence-corrected chi connectivity index (χ2v) is 17.1. The Hall–Kier alpha value is -4.03. The molecule has 2 saturated heterocycles. The third kappa shape index (κ3) is 7.28. The van der Waals surface area contributed by atoms with Gasteiger partial charge < -0.3 is 25.7 Å². The minimum atomic E-state index is -1.19. The number of aromatic nitrogens is 2. The molecule has 0 spiro atoms. The summed E-state index contributed by atoms with van der Waals surface area (Å²) in [5.41, 5.74) is 7.82. The molecule has 2 fully saturated rings. The summed E-state index contributed by atoms with van der Waals surface area (Å²) in [6.45, 7) is 2.26. The van der Waals surface area contributed by atoms with E-state index >= 15 is 0 Å². The van der Waals surface area contributed by atoms with E-state index in [2.05, 4.69) is 87.8 Å². The highest BCUT2D eigenvalue weighted by Gasteiger charge is 2.42. The summed E-state index contributed by atoms with van der Waals surface area (Å²) in [6, 6.07) is 23.3. The zero-order valence-electron chi connectivity index (χ0n) is 30.0. The normalized spacial score (nSPS) is 22.0. The van der Waals surface area contributed by atoms with E-state index in [0.29, 0.717) is 17.8 Å². The molecule has 3 aliphatic heterocycles. The van der Waals surface area contributed by atoms with Crippen LogP contribution in [-0.4, -0.2) is 78.1 Å². The number of aromatic amines is 2. The van der Waals surface area contributed by atoms with Gasteiger partial charge in [-0.25, -0.2) is 4.79 Å². The van der Waals surface area contributed by atoms with Crippen molar-refractivity contribution in [2.24, 2.45) is 0 Å². The van der Waals surface area contributed by atoms with Crippen LogP contribution in [0.4, 0.5) is 0 Å². The van der Waals surface area contributed by atoms with Crippen LogP contribution >= 0.6 is 23.5 Å². The summed E-state index contributed by atoms with van der Waals surface area (Å²) in [5, 5.41) is 21.0. The average Bonchev–Trinajstić information content (AvgIpc) is 4.00. The van der Waals surface area contributed by atoms with Gasteiger partial charge in [-0.2, -0.15) is 0 Å². The lowest BCUT2D eigenvalue weighted by Crippen LogP contribution is -2.45. The highest BCUT2D eigenvalue weighted by molar-refractivity contribution is 8.00. The van der Waals surface area contributed by atoms with Crippen molar-refractivity contribution in [3.05, 3.63) is 95.1 Å². The van der Waals surface area contributed by atoms with Crippen molar-refractivity contribution in [1.29, 1.82) is 0 Å². The molecule has 276 valence electrons. The monoisotopic (exact) mass is 749 g/mol. The number of nitrogens with zero attached hydrogens (tertiary/aromatic N) is 1. The first kappa shape index (κ1) is 36.0. The fraction of sp³-hybridized carbons (Fsp3) is 0.405. The largest absolute Gasteiger partial charge is 0.480 e. The molecule has 3 aliphatic rings. The van der Waals surface area contributed by atoms with E-state index in [-0.39, 0.29) is 29.0 Å². The number of carboxylic acids is 1. The number of carbonyl (C=O) groups excluding carboxylic acids is 2. The number of benzene rings is 3. The van der Waals surface area contributed by atoms with Gasteiger partial charge in [0.1, 0.15) is 6.04 Å². The van der Waals surface area contributed by atoms with Crippen LogP contribution in [0.25, 0.3) is 33.2 Å². The number of unbranched alkanes of at least 4 members (excludes halogenated alkanes) is 2. The van der Waals surface area contributed by atoms with Crippen molar-refractivity contribution in [3.8, 4) is 11.4 Å². The van der Waals surface area contributed by atoms with E-state index in [1.54, 1.807) is 24.3 Å². The Morgan fingerprint density at radius 1 is 0.736 bits per heavy atom. The number of nitrogens with one attached hydrogen (secondary N) is 4. The molecule has 3 aromatic carbocycles. The van der Waals surface area contributed by atoms with Crippen LogP contribution < -0.4 is 10.6 Å². The molecule has 0 bridgehead atoms. The van der Waals surface area contributed by atoms with Gasteiger partial charge in [0.05, 0.1) is 33.3 Å². The molecule has 5 heterocycles. The molecule has 0 radical (unpaired) electrons. The number of hydrogen-bond donors (Lipinski definition) is 5. The van der Waals surface area contributed by atoms with Crippen LogP contribution in [-0.2, 0) is 17.6 Å². The number of aliphatic carboxylic acids is 1. The summed E-state index contributed by atoms with van der Waals surface area (Å²) in [5.74, 6) is -0.145. The lowest BCUT2D eigenvalue weighted by Gasteiger charge is -2.23. The van der Waals surface area contributed by atoms with E-state index in [4.69, 9.17) is 0 Å². The number of carboxylic acid groups (broad SMARTS) is 1. The Labute approximate surface area is 318 Å². The number of imide groups is 1. The molecule has 0 aliphatic carbocycles. The standard InChI is InChI=1S/C42H47N5O4S2/c1-2-3-4-19-36-43-25(23-52-36)21-31-27-12-7-9-16-33(27)45-38(31)39-32(28-13-8-10-17-34(28)46-39)22-26-24-53-37(44-26)20-11-18-35(42(50)51)47-40(48)29-14-5-6-15-30(29)41(47)49/h5-10,12-17,25-26,35-37,43-46H,2-4,11,18-24H2,1H3,(H,50,51)/t25?,26?,35?,36-,37-/m1/s1. The lowest BCUT2D eigenvalue weighted by atomic mass is 9.97. The number of carbonyl (C=O) groups is 3. The van der Waals surface area contributed by atoms with Crippen LogP contribution in [0.5, 0.6) is 0 Å². The maximum atomic E-state index is 13.0. The Morgan fingerprint density at radius 2 is 1.23 bits per heavy atom. The van der Waals surface area contributed by atoms with Crippen LogP contribution in [0, 0.1) is 0 Å².